The molecular formula is C16H11NO2. The quantitative estimate of drug-likeness (QED) is 0.832. The number of carboxylic acids is 1. The second-order valence-electron chi connectivity index (χ2n) is 3.77. The first-order chi connectivity index (χ1) is 9.25. The van der Waals surface area contributed by atoms with Gasteiger partial charge >= 0.3 is 5.97 Å². The SMILES string of the molecule is O=C(O)c1ccc(C#C/C=C/c2ccncc2)cc1. The Morgan fingerprint density at radius 1 is 1.11 bits per heavy atom. The lowest BCUT2D eigenvalue weighted by molar-refractivity contribution is 0.0697. The summed E-state index contributed by atoms with van der Waals surface area (Å²) < 4.78 is 0. The highest BCUT2D eigenvalue weighted by atomic mass is 16.4. The monoisotopic (exact) mass is 249 g/mol. The summed E-state index contributed by atoms with van der Waals surface area (Å²) in [6, 6.07) is 10.2. The molecule has 0 fully saturated rings. The molecule has 2 rings (SSSR count). The fourth-order valence-electron chi connectivity index (χ4n) is 1.43. The molecule has 0 aliphatic carbocycles. The molecule has 0 radical (unpaired) electrons. The predicted octanol–water partition coefficient (Wildman–Crippen LogP) is 2.84. The summed E-state index contributed by atoms with van der Waals surface area (Å²) in [6.07, 6.45) is 7.08. The molecule has 0 aliphatic heterocycles. The van der Waals surface area contributed by atoms with Crippen LogP contribution in [0.15, 0.2) is 54.9 Å². The molecule has 1 aromatic carbocycles. The first kappa shape index (κ1) is 12.6. The van der Waals surface area contributed by atoms with Gasteiger partial charge in [-0.1, -0.05) is 11.8 Å². The minimum Gasteiger partial charge on any atom is -0.478 e. The van der Waals surface area contributed by atoms with Gasteiger partial charge in [0.15, 0.2) is 0 Å². The molecule has 3 nitrogen and oxygen atoms in total. The summed E-state index contributed by atoms with van der Waals surface area (Å²) in [5, 5.41) is 8.76. The number of hydrogen-bond acceptors (Lipinski definition) is 2. The van der Waals surface area contributed by atoms with Gasteiger partial charge in [0.25, 0.3) is 0 Å². The van der Waals surface area contributed by atoms with Crippen LogP contribution in [0, 0.1) is 11.8 Å². The summed E-state index contributed by atoms with van der Waals surface area (Å²) in [7, 11) is 0. The lowest BCUT2D eigenvalue weighted by Gasteiger charge is -1.93. The van der Waals surface area contributed by atoms with Gasteiger partial charge in [0.2, 0.25) is 0 Å². The van der Waals surface area contributed by atoms with E-state index in [4.69, 9.17) is 5.11 Å². The number of nitrogens with zero attached hydrogens (tertiary/aromatic N) is 1. The smallest absolute Gasteiger partial charge is 0.335 e. The van der Waals surface area contributed by atoms with Gasteiger partial charge < -0.3 is 5.11 Å². The molecular weight excluding hydrogens is 238 g/mol. The van der Waals surface area contributed by atoms with Gasteiger partial charge in [0, 0.05) is 18.0 Å². The topological polar surface area (TPSA) is 50.2 Å². The highest BCUT2D eigenvalue weighted by Gasteiger charge is 1.99. The van der Waals surface area contributed by atoms with Crippen LogP contribution in [0.1, 0.15) is 21.5 Å². The molecule has 0 bridgehead atoms. The Balaban J connectivity index is 2.04. The summed E-state index contributed by atoms with van der Waals surface area (Å²) in [4.78, 5) is 14.6. The van der Waals surface area contributed by atoms with Gasteiger partial charge in [-0.15, -0.1) is 0 Å². The third kappa shape index (κ3) is 3.83. The Kier molecular flexibility index (Phi) is 4.09. The fourth-order valence-corrected chi connectivity index (χ4v) is 1.43. The van der Waals surface area contributed by atoms with Crippen LogP contribution in [0.4, 0.5) is 0 Å². The van der Waals surface area contributed by atoms with E-state index in [0.717, 1.165) is 11.1 Å². The zero-order valence-electron chi connectivity index (χ0n) is 10.1. The van der Waals surface area contributed by atoms with Crippen LogP contribution >= 0.6 is 0 Å². The largest absolute Gasteiger partial charge is 0.478 e. The van der Waals surface area contributed by atoms with E-state index in [0.29, 0.717) is 0 Å². The average molecular weight is 249 g/mol. The molecule has 0 amide bonds. The van der Waals surface area contributed by atoms with Gasteiger partial charge in [0.1, 0.15) is 0 Å². The van der Waals surface area contributed by atoms with Crippen molar-refractivity contribution in [2.75, 3.05) is 0 Å². The predicted molar refractivity (Wildman–Crippen MR) is 73.6 cm³/mol. The van der Waals surface area contributed by atoms with Crippen molar-refractivity contribution < 1.29 is 9.90 Å². The van der Waals surface area contributed by atoms with Crippen molar-refractivity contribution in [2.24, 2.45) is 0 Å². The average Bonchev–Trinajstić information content (AvgIpc) is 2.45. The van der Waals surface area contributed by atoms with E-state index in [1.807, 2.05) is 18.2 Å². The Morgan fingerprint density at radius 3 is 2.42 bits per heavy atom. The lowest BCUT2D eigenvalue weighted by atomic mass is 10.1. The number of hydrogen-bond donors (Lipinski definition) is 1. The lowest BCUT2D eigenvalue weighted by Crippen LogP contribution is -1.94. The first-order valence-electron chi connectivity index (χ1n) is 5.67. The number of aromatic nitrogens is 1. The van der Waals surface area contributed by atoms with Crippen molar-refractivity contribution in [3.63, 3.8) is 0 Å². The highest BCUT2D eigenvalue weighted by Crippen LogP contribution is 2.03. The Bertz CT molecular complexity index is 647. The molecule has 19 heavy (non-hydrogen) atoms. The van der Waals surface area contributed by atoms with Gasteiger partial charge in [-0.2, -0.15) is 0 Å². The number of rotatable bonds is 2. The molecule has 0 aliphatic rings. The Morgan fingerprint density at radius 2 is 1.79 bits per heavy atom. The van der Waals surface area contributed by atoms with Gasteiger partial charge in [-0.05, 0) is 54.1 Å². The third-order valence-corrected chi connectivity index (χ3v) is 2.41. The maximum atomic E-state index is 10.7. The van der Waals surface area contributed by atoms with Gasteiger partial charge in [0.05, 0.1) is 5.56 Å². The molecule has 0 atom stereocenters. The van der Waals surface area contributed by atoms with Crippen LogP contribution in [0.5, 0.6) is 0 Å². The molecule has 0 saturated heterocycles. The number of carboxylic acid groups (broad SMARTS) is 1. The van der Waals surface area contributed by atoms with Gasteiger partial charge in [-0.3, -0.25) is 4.98 Å². The first-order valence-corrected chi connectivity index (χ1v) is 5.67. The molecule has 0 unspecified atom stereocenters. The van der Waals surface area contributed by atoms with E-state index >= 15 is 0 Å². The molecule has 2 aromatic rings. The van der Waals surface area contributed by atoms with E-state index < -0.39 is 5.97 Å². The van der Waals surface area contributed by atoms with Crippen LogP contribution in [0.3, 0.4) is 0 Å². The zero-order chi connectivity index (χ0) is 13.5. The highest BCUT2D eigenvalue weighted by molar-refractivity contribution is 5.87. The summed E-state index contributed by atoms with van der Waals surface area (Å²) in [5.41, 5.74) is 2.08. The van der Waals surface area contributed by atoms with E-state index in [9.17, 15) is 4.79 Å². The van der Waals surface area contributed by atoms with Crippen LogP contribution in [0.2, 0.25) is 0 Å². The van der Waals surface area contributed by atoms with E-state index in [1.165, 1.54) is 0 Å². The molecule has 1 aromatic heterocycles. The maximum absolute atomic E-state index is 10.7. The number of aromatic carboxylic acids is 1. The van der Waals surface area contributed by atoms with Crippen LogP contribution in [-0.4, -0.2) is 16.1 Å². The molecule has 3 heteroatoms. The van der Waals surface area contributed by atoms with Crippen molar-refractivity contribution in [3.8, 4) is 11.8 Å². The van der Waals surface area contributed by atoms with Crippen LogP contribution < -0.4 is 0 Å². The van der Waals surface area contributed by atoms with Crippen molar-refractivity contribution in [2.45, 2.75) is 0 Å². The minimum absolute atomic E-state index is 0.262. The van der Waals surface area contributed by atoms with Crippen molar-refractivity contribution in [1.29, 1.82) is 0 Å². The second-order valence-corrected chi connectivity index (χ2v) is 3.77. The normalized spacial score (nSPS) is 9.89. The molecule has 0 spiro atoms. The summed E-state index contributed by atoms with van der Waals surface area (Å²) >= 11 is 0. The Labute approximate surface area is 111 Å². The van der Waals surface area contributed by atoms with Crippen LogP contribution in [-0.2, 0) is 0 Å². The van der Waals surface area contributed by atoms with Crippen LogP contribution in [0.25, 0.3) is 6.08 Å². The van der Waals surface area contributed by atoms with Crippen molar-refractivity contribution in [1.82, 2.24) is 4.98 Å². The molecule has 0 saturated carbocycles. The van der Waals surface area contributed by atoms with E-state index in [1.54, 1.807) is 42.7 Å². The molecule has 1 heterocycles. The summed E-state index contributed by atoms with van der Waals surface area (Å²) in [6.45, 7) is 0. The number of benzene rings is 1. The molecule has 92 valence electrons. The molecule has 1 N–H and O–H groups in total. The summed E-state index contributed by atoms with van der Waals surface area (Å²) in [5.74, 6) is 4.90. The zero-order valence-corrected chi connectivity index (χ0v) is 10.1. The second kappa shape index (κ2) is 6.18. The van der Waals surface area contributed by atoms with E-state index in [2.05, 4.69) is 16.8 Å². The third-order valence-electron chi connectivity index (χ3n) is 2.41. The van der Waals surface area contributed by atoms with Crippen molar-refractivity contribution >= 4 is 12.0 Å². The maximum Gasteiger partial charge on any atom is 0.335 e. The number of allylic oxidation sites excluding steroid dienone is 1. The van der Waals surface area contributed by atoms with E-state index in [-0.39, 0.29) is 5.56 Å². The number of pyridine rings is 1. The minimum atomic E-state index is -0.933. The standard InChI is InChI=1S/C16H11NO2/c18-16(19)15-7-5-13(6-8-15)3-1-2-4-14-9-11-17-12-10-14/h2,4-12H,(H,18,19)/b4-2+. The Hall–Kier alpha value is -2.86. The van der Waals surface area contributed by atoms with Crippen molar-refractivity contribution in [3.05, 3.63) is 71.6 Å². The number of carbonyl (C=O) groups is 1. The van der Waals surface area contributed by atoms with Gasteiger partial charge in [-0.25, -0.2) is 4.79 Å². The fraction of sp³-hybridized carbons (Fsp3) is 0.